The largest absolute Gasteiger partial charge is 0.302 e. The first-order chi connectivity index (χ1) is 16.1. The number of ketones is 1. The highest BCUT2D eigenvalue weighted by molar-refractivity contribution is 5.93. The molecule has 0 N–H and O–H groups in total. The molecule has 0 amide bonds. The van der Waals surface area contributed by atoms with E-state index in [1.807, 2.05) is 28.8 Å². The molecule has 2 aromatic rings. The molecule has 5 atom stereocenters. The molecule has 6 rings (SSSR count). The van der Waals surface area contributed by atoms with Crippen LogP contribution in [0.4, 0.5) is 0 Å². The predicted molar refractivity (Wildman–Crippen MR) is 131 cm³/mol. The number of hydrogen-bond donors (Lipinski definition) is 0. The standard InChI is InChI=1S/C28H37N3O2/c1-18(32)27-28(33)31(26-12-5-4-11-25(26)29-27)24-16-21-9-6-10-22(17-24)30(21)23-14-19-7-2-3-8-20(13-19)15-23/h4-5,11-12,19-24H,2-3,6-10,13-17H2,1H3/t19?,20?,21-,22+,23?,24+. The van der Waals surface area contributed by atoms with Gasteiger partial charge in [0.15, 0.2) is 11.5 Å². The number of carbonyl (C=O) groups is 1. The van der Waals surface area contributed by atoms with Crippen molar-refractivity contribution in [2.24, 2.45) is 11.8 Å². The number of hydrogen-bond acceptors (Lipinski definition) is 4. The lowest BCUT2D eigenvalue weighted by atomic mass is 9.73. The molecule has 4 bridgehead atoms. The number of nitrogens with zero attached hydrogens (tertiary/aromatic N) is 3. The zero-order valence-corrected chi connectivity index (χ0v) is 19.9. The molecule has 2 saturated heterocycles. The lowest BCUT2D eigenvalue weighted by Gasteiger charge is -2.54. The van der Waals surface area contributed by atoms with Crippen molar-refractivity contribution in [2.75, 3.05) is 0 Å². The Balaban J connectivity index is 1.34. The molecule has 4 aliphatic rings. The summed E-state index contributed by atoms with van der Waals surface area (Å²) in [5.41, 5.74) is 1.54. The van der Waals surface area contributed by atoms with Crippen molar-refractivity contribution >= 4 is 16.8 Å². The van der Waals surface area contributed by atoms with Crippen molar-refractivity contribution < 1.29 is 4.79 Å². The van der Waals surface area contributed by atoms with Gasteiger partial charge in [-0.15, -0.1) is 0 Å². The maximum Gasteiger partial charge on any atom is 0.280 e. The van der Waals surface area contributed by atoms with Gasteiger partial charge < -0.3 is 4.57 Å². The Kier molecular flexibility index (Phi) is 5.64. The van der Waals surface area contributed by atoms with Crippen molar-refractivity contribution in [3.8, 4) is 0 Å². The molecule has 2 aliphatic carbocycles. The van der Waals surface area contributed by atoms with E-state index in [0.29, 0.717) is 12.1 Å². The van der Waals surface area contributed by atoms with Crippen LogP contribution in [0.1, 0.15) is 101 Å². The molecule has 5 nitrogen and oxygen atoms in total. The van der Waals surface area contributed by atoms with Gasteiger partial charge in [0.25, 0.3) is 5.56 Å². The van der Waals surface area contributed by atoms with Gasteiger partial charge in [0.2, 0.25) is 0 Å². The van der Waals surface area contributed by atoms with Gasteiger partial charge in [-0.3, -0.25) is 14.5 Å². The Labute approximate surface area is 196 Å². The number of para-hydroxylation sites is 2. The highest BCUT2D eigenvalue weighted by atomic mass is 16.1. The number of fused-ring (bicyclic) bond motifs is 5. The van der Waals surface area contributed by atoms with Crippen molar-refractivity contribution in [3.63, 3.8) is 0 Å². The molecule has 4 fully saturated rings. The normalized spacial score (nSPS) is 34.7. The number of carbonyl (C=O) groups excluding carboxylic acids is 1. The average molecular weight is 448 g/mol. The summed E-state index contributed by atoms with van der Waals surface area (Å²) in [5, 5.41) is 0. The fourth-order valence-electron chi connectivity index (χ4n) is 8.05. The van der Waals surface area contributed by atoms with Gasteiger partial charge in [-0.25, -0.2) is 4.98 Å². The lowest BCUT2D eigenvalue weighted by molar-refractivity contribution is -0.0420. The zero-order valence-electron chi connectivity index (χ0n) is 19.9. The van der Waals surface area contributed by atoms with Crippen molar-refractivity contribution in [2.45, 2.75) is 108 Å². The van der Waals surface area contributed by atoms with Gasteiger partial charge in [-0.1, -0.05) is 44.2 Å². The van der Waals surface area contributed by atoms with E-state index < -0.39 is 0 Å². The Morgan fingerprint density at radius 2 is 1.48 bits per heavy atom. The third kappa shape index (κ3) is 3.86. The summed E-state index contributed by atoms with van der Waals surface area (Å²) < 4.78 is 1.95. The number of aromatic nitrogens is 2. The number of benzene rings is 1. The Hall–Kier alpha value is -2.01. The van der Waals surface area contributed by atoms with Crippen LogP contribution in [-0.2, 0) is 0 Å². The van der Waals surface area contributed by atoms with Gasteiger partial charge in [-0.05, 0) is 68.9 Å². The van der Waals surface area contributed by atoms with E-state index in [1.54, 1.807) is 0 Å². The van der Waals surface area contributed by atoms with Crippen LogP contribution in [0.15, 0.2) is 29.1 Å². The molecule has 1 aromatic carbocycles. The number of Topliss-reactive ketones (excluding diaryl/α,β-unsaturated/α-hetero) is 1. The van der Waals surface area contributed by atoms with Gasteiger partial charge in [0.05, 0.1) is 11.0 Å². The van der Waals surface area contributed by atoms with E-state index in [9.17, 15) is 9.59 Å². The van der Waals surface area contributed by atoms with E-state index in [0.717, 1.165) is 41.8 Å². The minimum atomic E-state index is -0.234. The smallest absolute Gasteiger partial charge is 0.280 e. The van der Waals surface area contributed by atoms with Crippen LogP contribution in [0.5, 0.6) is 0 Å². The first kappa shape index (κ1) is 21.5. The van der Waals surface area contributed by atoms with Crippen LogP contribution < -0.4 is 5.56 Å². The summed E-state index contributed by atoms with van der Waals surface area (Å²) in [7, 11) is 0. The summed E-state index contributed by atoms with van der Waals surface area (Å²) in [5.74, 6) is 1.63. The first-order valence-electron chi connectivity index (χ1n) is 13.4. The van der Waals surface area contributed by atoms with Crippen LogP contribution in [0, 0.1) is 11.8 Å². The summed E-state index contributed by atoms with van der Waals surface area (Å²) >= 11 is 0. The molecule has 2 unspecified atom stereocenters. The van der Waals surface area contributed by atoms with E-state index >= 15 is 0 Å². The number of piperidine rings is 2. The highest BCUT2D eigenvalue weighted by Crippen LogP contribution is 2.46. The Bertz CT molecular complexity index is 1080. The topological polar surface area (TPSA) is 55.2 Å². The maximum absolute atomic E-state index is 13.5. The van der Waals surface area contributed by atoms with Crippen LogP contribution >= 0.6 is 0 Å². The van der Waals surface area contributed by atoms with Crippen LogP contribution in [-0.4, -0.2) is 38.4 Å². The highest BCUT2D eigenvalue weighted by Gasteiger charge is 2.45. The molecule has 2 aliphatic heterocycles. The summed E-state index contributed by atoms with van der Waals surface area (Å²) in [6, 6.07) is 9.86. The fourth-order valence-corrected chi connectivity index (χ4v) is 8.05. The van der Waals surface area contributed by atoms with Crippen LogP contribution in [0.25, 0.3) is 11.0 Å². The first-order valence-corrected chi connectivity index (χ1v) is 13.4. The molecule has 0 radical (unpaired) electrons. The second-order valence-corrected chi connectivity index (χ2v) is 11.4. The van der Waals surface area contributed by atoms with Crippen molar-refractivity contribution in [1.29, 1.82) is 0 Å². The third-order valence-electron chi connectivity index (χ3n) is 9.27. The molecule has 176 valence electrons. The van der Waals surface area contributed by atoms with Gasteiger partial charge in [-0.2, -0.15) is 0 Å². The van der Waals surface area contributed by atoms with E-state index in [2.05, 4.69) is 9.88 Å². The Morgan fingerprint density at radius 3 is 2.15 bits per heavy atom. The Morgan fingerprint density at radius 1 is 0.818 bits per heavy atom. The zero-order chi connectivity index (χ0) is 22.5. The van der Waals surface area contributed by atoms with Crippen LogP contribution in [0.3, 0.4) is 0 Å². The maximum atomic E-state index is 13.5. The van der Waals surface area contributed by atoms with Gasteiger partial charge in [0.1, 0.15) is 0 Å². The van der Waals surface area contributed by atoms with Crippen LogP contribution in [0.2, 0.25) is 0 Å². The molecule has 1 aromatic heterocycles. The SMILES string of the molecule is CC(=O)c1nc2ccccc2n([C@H]2C[C@H]3CCC[C@@H](C2)N3C2CC3CCCCC(C3)C2)c1=O. The van der Waals surface area contributed by atoms with Gasteiger partial charge >= 0.3 is 0 Å². The number of rotatable bonds is 3. The predicted octanol–water partition coefficient (Wildman–Crippen LogP) is 5.52. The minimum absolute atomic E-state index is 0.0950. The third-order valence-corrected chi connectivity index (χ3v) is 9.27. The second kappa shape index (κ2) is 8.65. The van der Waals surface area contributed by atoms with E-state index in [-0.39, 0.29) is 23.1 Å². The van der Waals surface area contributed by atoms with Gasteiger partial charge in [0, 0.05) is 31.1 Å². The quantitative estimate of drug-likeness (QED) is 0.582. The molecule has 33 heavy (non-hydrogen) atoms. The fraction of sp³-hybridized carbons (Fsp3) is 0.679. The molecule has 3 heterocycles. The minimum Gasteiger partial charge on any atom is -0.302 e. The molecule has 0 spiro atoms. The van der Waals surface area contributed by atoms with E-state index in [4.69, 9.17) is 0 Å². The molecule has 5 heteroatoms. The lowest BCUT2D eigenvalue weighted by Crippen LogP contribution is -2.58. The average Bonchev–Trinajstić information content (AvgIpc) is 2.97. The summed E-state index contributed by atoms with van der Waals surface area (Å²) in [6.45, 7) is 1.46. The monoisotopic (exact) mass is 447 g/mol. The molecular weight excluding hydrogens is 410 g/mol. The summed E-state index contributed by atoms with van der Waals surface area (Å²) in [4.78, 5) is 33.1. The second-order valence-electron chi connectivity index (χ2n) is 11.4. The van der Waals surface area contributed by atoms with E-state index in [1.165, 1.54) is 71.1 Å². The summed E-state index contributed by atoms with van der Waals surface area (Å²) in [6.07, 6.45) is 15.8. The molecular formula is C28H37N3O2. The van der Waals surface area contributed by atoms with Crippen molar-refractivity contribution in [1.82, 2.24) is 14.5 Å². The van der Waals surface area contributed by atoms with Crippen molar-refractivity contribution in [3.05, 3.63) is 40.3 Å². The molecule has 2 saturated carbocycles.